The van der Waals surface area contributed by atoms with Crippen LogP contribution in [0, 0.1) is 0 Å². The number of aromatic nitrogens is 1. The Bertz CT molecular complexity index is 798. The van der Waals surface area contributed by atoms with Gasteiger partial charge in [-0.05, 0) is 40.9 Å². The smallest absolute Gasteiger partial charge is 0.220 e. The summed E-state index contributed by atoms with van der Waals surface area (Å²) in [6.07, 6.45) is 3.94. The summed E-state index contributed by atoms with van der Waals surface area (Å²) in [5.74, 6) is 1.25. The van der Waals surface area contributed by atoms with Gasteiger partial charge in [-0.2, -0.15) is 0 Å². The minimum Gasteiger partial charge on any atom is -0.439 e. The fourth-order valence-corrected chi connectivity index (χ4v) is 3.82. The molecule has 0 bridgehead atoms. The molecule has 0 radical (unpaired) electrons. The summed E-state index contributed by atoms with van der Waals surface area (Å²) in [4.78, 5) is 17.4. The summed E-state index contributed by atoms with van der Waals surface area (Å²) in [7, 11) is 0. The molecule has 2 aromatic heterocycles. The molecule has 0 saturated heterocycles. The Balaban J connectivity index is 1.42. The van der Waals surface area contributed by atoms with E-state index >= 15 is 0 Å². The minimum absolute atomic E-state index is 0.0186. The maximum absolute atomic E-state index is 11.9. The number of hydrogen-bond acceptors (Lipinski definition) is 4. The molecule has 0 aliphatic rings. The predicted octanol–water partition coefficient (Wildman–Crippen LogP) is 4.80. The molecule has 124 valence electrons. The maximum atomic E-state index is 11.9. The second-order valence-electron chi connectivity index (χ2n) is 5.32. The van der Waals surface area contributed by atoms with Gasteiger partial charge in [0.05, 0.1) is 16.5 Å². The zero-order valence-electron chi connectivity index (χ0n) is 13.0. The van der Waals surface area contributed by atoms with Gasteiger partial charge in [0, 0.05) is 16.9 Å². The number of aryl methyl sites for hydroxylation is 1. The number of rotatable bonds is 7. The quantitative estimate of drug-likeness (QED) is 0.614. The SMILES string of the molecule is O=C(CCCc1ccc(Br)s1)NCc1ncc(-c2ccccc2)o1. The molecule has 0 aliphatic carbocycles. The topological polar surface area (TPSA) is 55.1 Å². The molecule has 0 spiro atoms. The van der Waals surface area contributed by atoms with Crippen LogP contribution >= 0.6 is 27.3 Å². The molecule has 3 rings (SSSR count). The molecule has 0 fully saturated rings. The number of thiophene rings is 1. The van der Waals surface area contributed by atoms with Crippen LogP contribution in [0.3, 0.4) is 0 Å². The van der Waals surface area contributed by atoms with Crippen LogP contribution in [-0.2, 0) is 17.8 Å². The number of amides is 1. The second kappa shape index (κ2) is 8.26. The van der Waals surface area contributed by atoms with Crippen LogP contribution in [0.25, 0.3) is 11.3 Å². The number of carbonyl (C=O) groups excluding carboxylic acids is 1. The number of carbonyl (C=O) groups is 1. The third kappa shape index (κ3) is 4.79. The first-order valence-electron chi connectivity index (χ1n) is 7.72. The van der Waals surface area contributed by atoms with Gasteiger partial charge in [0.25, 0.3) is 0 Å². The highest BCUT2D eigenvalue weighted by Gasteiger charge is 2.08. The molecule has 1 amide bonds. The number of nitrogens with zero attached hydrogens (tertiary/aromatic N) is 1. The molecule has 0 saturated carbocycles. The lowest BCUT2D eigenvalue weighted by molar-refractivity contribution is -0.121. The zero-order chi connectivity index (χ0) is 16.8. The highest BCUT2D eigenvalue weighted by atomic mass is 79.9. The maximum Gasteiger partial charge on any atom is 0.220 e. The minimum atomic E-state index is 0.0186. The predicted molar refractivity (Wildman–Crippen MR) is 98.7 cm³/mol. The Morgan fingerprint density at radius 1 is 1.21 bits per heavy atom. The van der Waals surface area contributed by atoms with E-state index in [9.17, 15) is 4.79 Å². The average Bonchev–Trinajstić information content (AvgIpc) is 3.23. The highest BCUT2D eigenvalue weighted by Crippen LogP contribution is 2.23. The Kier molecular flexibility index (Phi) is 5.82. The van der Waals surface area contributed by atoms with Crippen LogP contribution in [0.5, 0.6) is 0 Å². The van der Waals surface area contributed by atoms with Gasteiger partial charge < -0.3 is 9.73 Å². The normalized spacial score (nSPS) is 10.7. The molecule has 4 nitrogen and oxygen atoms in total. The number of oxazole rings is 1. The average molecular weight is 405 g/mol. The lowest BCUT2D eigenvalue weighted by Crippen LogP contribution is -2.22. The van der Waals surface area contributed by atoms with Crippen molar-refractivity contribution in [2.45, 2.75) is 25.8 Å². The van der Waals surface area contributed by atoms with E-state index in [0.29, 0.717) is 24.6 Å². The summed E-state index contributed by atoms with van der Waals surface area (Å²) in [6, 6.07) is 13.9. The zero-order valence-corrected chi connectivity index (χ0v) is 15.4. The summed E-state index contributed by atoms with van der Waals surface area (Å²) in [5, 5.41) is 2.85. The Labute approximate surface area is 153 Å². The van der Waals surface area contributed by atoms with Gasteiger partial charge in [-0.15, -0.1) is 11.3 Å². The van der Waals surface area contributed by atoms with Gasteiger partial charge >= 0.3 is 0 Å². The van der Waals surface area contributed by atoms with E-state index < -0.39 is 0 Å². The third-order valence-electron chi connectivity index (χ3n) is 3.50. The summed E-state index contributed by atoms with van der Waals surface area (Å²) < 4.78 is 6.79. The molecule has 0 aliphatic heterocycles. The van der Waals surface area contributed by atoms with E-state index in [1.165, 1.54) is 4.88 Å². The summed E-state index contributed by atoms with van der Waals surface area (Å²) >= 11 is 5.15. The van der Waals surface area contributed by atoms with Crippen LogP contribution in [0.15, 0.2) is 56.9 Å². The van der Waals surface area contributed by atoms with Crippen LogP contribution in [-0.4, -0.2) is 10.9 Å². The number of benzene rings is 1. The van der Waals surface area contributed by atoms with Crippen LogP contribution in [0.2, 0.25) is 0 Å². The standard InChI is InChI=1S/C18H17BrN2O2S/c19-16-10-9-14(24-16)7-4-8-17(22)20-12-18-21-11-15(23-18)13-5-2-1-3-6-13/h1-3,5-6,9-11H,4,7-8,12H2,(H,20,22). The van der Waals surface area contributed by atoms with E-state index in [4.69, 9.17) is 4.42 Å². The largest absolute Gasteiger partial charge is 0.439 e. The third-order valence-corrected chi connectivity index (χ3v) is 5.19. The van der Waals surface area contributed by atoms with Gasteiger partial charge in [0.15, 0.2) is 5.76 Å². The molecule has 0 atom stereocenters. The van der Waals surface area contributed by atoms with E-state index in [2.05, 4.69) is 32.3 Å². The molecular weight excluding hydrogens is 388 g/mol. The van der Waals surface area contributed by atoms with Crippen molar-refractivity contribution in [1.82, 2.24) is 10.3 Å². The first kappa shape index (κ1) is 16.9. The molecule has 24 heavy (non-hydrogen) atoms. The van der Waals surface area contributed by atoms with E-state index in [1.54, 1.807) is 17.5 Å². The fraction of sp³-hybridized carbons (Fsp3) is 0.222. The van der Waals surface area contributed by atoms with Crippen LogP contribution < -0.4 is 5.32 Å². The van der Waals surface area contributed by atoms with Gasteiger partial charge in [0.2, 0.25) is 11.8 Å². The van der Waals surface area contributed by atoms with Crippen molar-refractivity contribution in [2.75, 3.05) is 0 Å². The Hall–Kier alpha value is -1.92. The van der Waals surface area contributed by atoms with Crippen LogP contribution in [0.4, 0.5) is 0 Å². The van der Waals surface area contributed by atoms with Crippen molar-refractivity contribution in [1.29, 1.82) is 0 Å². The molecular formula is C18H17BrN2O2S. The highest BCUT2D eigenvalue weighted by molar-refractivity contribution is 9.11. The van der Waals surface area contributed by atoms with E-state index in [-0.39, 0.29) is 5.91 Å². The van der Waals surface area contributed by atoms with Crippen molar-refractivity contribution < 1.29 is 9.21 Å². The van der Waals surface area contributed by atoms with E-state index in [1.807, 2.05) is 36.4 Å². The first-order valence-corrected chi connectivity index (χ1v) is 9.33. The molecule has 6 heteroatoms. The summed E-state index contributed by atoms with van der Waals surface area (Å²) in [5.41, 5.74) is 0.977. The fourth-order valence-electron chi connectivity index (χ4n) is 2.30. The molecule has 2 heterocycles. The van der Waals surface area contributed by atoms with Gasteiger partial charge in [-0.3, -0.25) is 4.79 Å². The first-order chi connectivity index (χ1) is 11.7. The lowest BCUT2D eigenvalue weighted by Gasteiger charge is -2.02. The Morgan fingerprint density at radius 2 is 2.04 bits per heavy atom. The van der Waals surface area contributed by atoms with Crippen molar-refractivity contribution in [3.63, 3.8) is 0 Å². The molecule has 1 aromatic carbocycles. The van der Waals surface area contributed by atoms with Crippen molar-refractivity contribution in [3.8, 4) is 11.3 Å². The van der Waals surface area contributed by atoms with Crippen LogP contribution in [0.1, 0.15) is 23.6 Å². The van der Waals surface area contributed by atoms with Crippen molar-refractivity contribution in [2.24, 2.45) is 0 Å². The number of hydrogen-bond donors (Lipinski definition) is 1. The monoisotopic (exact) mass is 404 g/mol. The van der Waals surface area contributed by atoms with Gasteiger partial charge in [-0.1, -0.05) is 30.3 Å². The molecule has 1 N–H and O–H groups in total. The van der Waals surface area contributed by atoms with E-state index in [0.717, 1.165) is 22.2 Å². The number of nitrogens with one attached hydrogen (secondary N) is 1. The molecule has 3 aromatic rings. The second-order valence-corrected chi connectivity index (χ2v) is 7.87. The van der Waals surface area contributed by atoms with Gasteiger partial charge in [-0.25, -0.2) is 4.98 Å². The lowest BCUT2D eigenvalue weighted by atomic mass is 10.2. The van der Waals surface area contributed by atoms with Crippen molar-refractivity contribution >= 4 is 33.2 Å². The van der Waals surface area contributed by atoms with Crippen molar-refractivity contribution in [3.05, 3.63) is 63.2 Å². The van der Waals surface area contributed by atoms with Gasteiger partial charge in [0.1, 0.15) is 0 Å². The summed E-state index contributed by atoms with van der Waals surface area (Å²) in [6.45, 7) is 0.316. The number of halogens is 1. The molecule has 0 unspecified atom stereocenters. The Morgan fingerprint density at radius 3 is 2.79 bits per heavy atom.